The fraction of sp³-hybridized carbons (Fsp3) is 0.231. The average molecular weight is 310 g/mol. The number of allylic oxidation sites excluding steroid dienone is 4. The number of halogens is 6. The molecule has 1 aromatic rings. The normalized spacial score (nSPS) is 16.7. The van der Waals surface area contributed by atoms with Crippen LogP contribution < -0.4 is 5.30 Å². The van der Waals surface area contributed by atoms with Gasteiger partial charge in [0, 0.05) is 5.66 Å². The van der Waals surface area contributed by atoms with Crippen LogP contribution in [-0.4, -0.2) is 5.66 Å². The first-order valence-electron chi connectivity index (χ1n) is 5.58. The summed E-state index contributed by atoms with van der Waals surface area (Å²) in [6.45, 7) is 0. The Morgan fingerprint density at radius 2 is 1.45 bits per heavy atom. The molecule has 0 aromatic heterocycles. The van der Waals surface area contributed by atoms with Crippen LogP contribution in [0.15, 0.2) is 42.5 Å². The van der Waals surface area contributed by atoms with Gasteiger partial charge in [-0.3, -0.25) is 0 Å². The summed E-state index contributed by atoms with van der Waals surface area (Å²) in [5.41, 5.74) is -3.47. The van der Waals surface area contributed by atoms with E-state index in [4.69, 9.17) is 0 Å². The number of hydrogen-bond donors (Lipinski definition) is 0. The van der Waals surface area contributed by atoms with Gasteiger partial charge in [0.05, 0.1) is 11.1 Å². The second-order valence-corrected chi connectivity index (χ2v) is 5.66. The van der Waals surface area contributed by atoms with Gasteiger partial charge in [0.1, 0.15) is 0 Å². The Morgan fingerprint density at radius 3 is 1.95 bits per heavy atom. The van der Waals surface area contributed by atoms with Gasteiger partial charge in [-0.1, -0.05) is 45.0 Å². The van der Waals surface area contributed by atoms with E-state index in [1.165, 1.54) is 0 Å². The molecule has 1 atom stereocenters. The Kier molecular flexibility index (Phi) is 3.96. The maximum Gasteiger partial charge on any atom is 0.417 e. The molecule has 0 bridgehead atoms. The lowest BCUT2D eigenvalue weighted by atomic mass is 10.1. The Balaban J connectivity index is 2.50. The molecule has 7 heteroatoms. The maximum atomic E-state index is 13.0. The largest absolute Gasteiger partial charge is 0.417 e. The van der Waals surface area contributed by atoms with Crippen molar-refractivity contribution in [3.63, 3.8) is 0 Å². The molecule has 0 N–H and O–H groups in total. The molecule has 1 aromatic carbocycles. The zero-order chi connectivity index (χ0) is 15.0. The van der Waals surface area contributed by atoms with Crippen molar-refractivity contribution >= 4 is 13.9 Å². The Hall–Kier alpha value is -1.29. The van der Waals surface area contributed by atoms with Crippen LogP contribution in [0.2, 0.25) is 0 Å². The van der Waals surface area contributed by atoms with E-state index < -0.39 is 23.5 Å². The van der Waals surface area contributed by atoms with E-state index in [0.29, 0.717) is 6.07 Å². The molecule has 0 nitrogen and oxygen atoms in total. The number of benzene rings is 1. The number of rotatable bonds is 2. The van der Waals surface area contributed by atoms with Crippen molar-refractivity contribution in [1.82, 2.24) is 0 Å². The first kappa shape index (κ1) is 15.1. The second kappa shape index (κ2) is 5.24. The molecule has 0 aliphatic heterocycles. The van der Waals surface area contributed by atoms with Crippen molar-refractivity contribution in [1.29, 1.82) is 0 Å². The van der Waals surface area contributed by atoms with Crippen LogP contribution in [-0.2, 0) is 12.4 Å². The van der Waals surface area contributed by atoms with Gasteiger partial charge in [-0.05, 0) is 11.4 Å². The molecule has 108 valence electrons. The molecule has 0 amide bonds. The zero-order valence-corrected chi connectivity index (χ0v) is 10.9. The van der Waals surface area contributed by atoms with Crippen molar-refractivity contribution in [2.45, 2.75) is 18.0 Å². The van der Waals surface area contributed by atoms with E-state index in [0.717, 1.165) is 12.1 Å². The fourth-order valence-corrected chi connectivity index (χ4v) is 3.31. The van der Waals surface area contributed by atoms with Crippen LogP contribution >= 0.6 is 8.58 Å². The second-order valence-electron chi connectivity index (χ2n) is 4.16. The van der Waals surface area contributed by atoms with Crippen LogP contribution in [0.4, 0.5) is 26.3 Å². The maximum absolute atomic E-state index is 13.0. The Bertz CT molecular complexity index is 541. The monoisotopic (exact) mass is 310 g/mol. The molecule has 0 saturated heterocycles. The van der Waals surface area contributed by atoms with Crippen molar-refractivity contribution in [3.05, 3.63) is 53.6 Å². The summed E-state index contributed by atoms with van der Waals surface area (Å²) in [7, 11) is -0.388. The molecular weight excluding hydrogens is 301 g/mol. The highest BCUT2D eigenvalue weighted by Gasteiger charge is 2.44. The SMILES string of the molecule is FC(F)(F)c1cccc(PC2C=CC=C2)c1C(F)(F)F. The summed E-state index contributed by atoms with van der Waals surface area (Å²) in [5, 5.41) is -0.312. The van der Waals surface area contributed by atoms with Crippen molar-refractivity contribution in [2.24, 2.45) is 0 Å². The van der Waals surface area contributed by atoms with Crippen LogP contribution in [0.3, 0.4) is 0 Å². The van der Waals surface area contributed by atoms with Gasteiger partial charge in [0.25, 0.3) is 0 Å². The van der Waals surface area contributed by atoms with Crippen LogP contribution in [0.1, 0.15) is 11.1 Å². The Labute approximate surface area is 113 Å². The summed E-state index contributed by atoms with van der Waals surface area (Å²) >= 11 is 0. The zero-order valence-electron chi connectivity index (χ0n) is 9.89. The minimum Gasteiger partial charge on any atom is -0.166 e. The molecule has 1 aliphatic carbocycles. The van der Waals surface area contributed by atoms with Gasteiger partial charge in [0.2, 0.25) is 0 Å². The quantitative estimate of drug-likeness (QED) is 0.556. The lowest BCUT2D eigenvalue weighted by Crippen LogP contribution is -2.24. The van der Waals surface area contributed by atoms with Crippen molar-refractivity contribution in [3.8, 4) is 0 Å². The molecule has 1 unspecified atom stereocenters. The summed E-state index contributed by atoms with van der Waals surface area (Å²) in [6, 6.07) is 2.59. The number of hydrogen-bond acceptors (Lipinski definition) is 0. The van der Waals surface area contributed by atoms with E-state index >= 15 is 0 Å². The predicted molar refractivity (Wildman–Crippen MR) is 66.5 cm³/mol. The topological polar surface area (TPSA) is 0 Å². The van der Waals surface area contributed by atoms with Crippen LogP contribution in [0.25, 0.3) is 0 Å². The van der Waals surface area contributed by atoms with E-state index in [1.54, 1.807) is 24.3 Å². The van der Waals surface area contributed by atoms with Crippen molar-refractivity contribution < 1.29 is 26.3 Å². The lowest BCUT2D eigenvalue weighted by Gasteiger charge is -2.20. The molecule has 1 aliphatic rings. The first-order chi connectivity index (χ1) is 9.19. The van der Waals surface area contributed by atoms with Gasteiger partial charge in [-0.15, -0.1) is 0 Å². The summed E-state index contributed by atoms with van der Waals surface area (Å²) in [5.74, 6) is 0. The summed E-state index contributed by atoms with van der Waals surface area (Å²) in [4.78, 5) is 0. The van der Waals surface area contributed by atoms with E-state index in [1.807, 2.05) is 0 Å². The molecule has 0 spiro atoms. The molecular formula is C13H9F6P. The fourth-order valence-electron chi connectivity index (χ4n) is 1.92. The molecule has 0 radical (unpaired) electrons. The minimum absolute atomic E-state index is 0.278. The van der Waals surface area contributed by atoms with E-state index in [-0.39, 0.29) is 19.5 Å². The standard InChI is InChI=1S/C13H9F6P/c14-12(15,16)9-6-3-7-10(11(9)13(17,18)19)20-8-4-1-2-5-8/h1-8,20H. The third-order valence-corrected chi connectivity index (χ3v) is 4.17. The molecule has 20 heavy (non-hydrogen) atoms. The van der Waals surface area contributed by atoms with Gasteiger partial charge < -0.3 is 0 Å². The van der Waals surface area contributed by atoms with E-state index in [2.05, 4.69) is 0 Å². The molecule has 0 saturated carbocycles. The molecule has 2 rings (SSSR count). The Morgan fingerprint density at radius 1 is 0.850 bits per heavy atom. The number of alkyl halides is 6. The lowest BCUT2D eigenvalue weighted by molar-refractivity contribution is -0.161. The smallest absolute Gasteiger partial charge is 0.166 e. The first-order valence-corrected chi connectivity index (χ1v) is 6.66. The van der Waals surface area contributed by atoms with Crippen LogP contribution in [0, 0.1) is 0 Å². The molecule has 0 heterocycles. The summed E-state index contributed by atoms with van der Waals surface area (Å²) < 4.78 is 77.2. The van der Waals surface area contributed by atoms with Gasteiger partial charge in [-0.2, -0.15) is 26.3 Å². The van der Waals surface area contributed by atoms with Crippen molar-refractivity contribution in [2.75, 3.05) is 0 Å². The highest BCUT2D eigenvalue weighted by molar-refractivity contribution is 7.48. The summed E-state index contributed by atoms with van der Waals surface area (Å²) in [6.07, 6.45) is -3.39. The third-order valence-electron chi connectivity index (χ3n) is 2.72. The van der Waals surface area contributed by atoms with Gasteiger partial charge in [0.15, 0.2) is 0 Å². The minimum atomic E-state index is -5.03. The predicted octanol–water partition coefficient (Wildman–Crippen LogP) is 4.52. The average Bonchev–Trinajstić information content (AvgIpc) is 2.79. The van der Waals surface area contributed by atoms with E-state index in [9.17, 15) is 26.3 Å². The highest BCUT2D eigenvalue weighted by atomic mass is 31.1. The van der Waals surface area contributed by atoms with Gasteiger partial charge in [-0.25, -0.2) is 0 Å². The molecule has 0 fully saturated rings. The highest BCUT2D eigenvalue weighted by Crippen LogP contribution is 2.41. The van der Waals surface area contributed by atoms with Crippen LogP contribution in [0.5, 0.6) is 0 Å². The van der Waals surface area contributed by atoms with Gasteiger partial charge >= 0.3 is 12.4 Å². The third kappa shape index (κ3) is 3.23.